The van der Waals surface area contributed by atoms with E-state index in [1.54, 1.807) is 12.1 Å². The number of amides is 1. The first-order valence-corrected chi connectivity index (χ1v) is 6.33. The van der Waals surface area contributed by atoms with Crippen LogP contribution in [0.25, 0.3) is 0 Å². The lowest BCUT2D eigenvalue weighted by atomic mass is 10.1. The smallest absolute Gasteiger partial charge is 0.239 e. The molecule has 98 valence electrons. The molecule has 0 radical (unpaired) electrons. The summed E-state index contributed by atoms with van der Waals surface area (Å²) in [7, 11) is 0. The lowest BCUT2D eigenvalue weighted by Gasteiger charge is -2.29. The summed E-state index contributed by atoms with van der Waals surface area (Å²) in [6.45, 7) is 1.68. The highest BCUT2D eigenvalue weighted by Gasteiger charge is 2.19. The van der Waals surface area contributed by atoms with E-state index in [9.17, 15) is 9.90 Å². The highest BCUT2D eigenvalue weighted by Crippen LogP contribution is 2.11. The molecular formula is C12H16ClN3O2. The van der Waals surface area contributed by atoms with Crippen LogP contribution >= 0.6 is 11.6 Å². The summed E-state index contributed by atoms with van der Waals surface area (Å²) in [4.78, 5) is 17.7. The minimum atomic E-state index is -0.319. The van der Waals surface area contributed by atoms with Crippen LogP contribution in [0.3, 0.4) is 0 Å². The Labute approximate surface area is 111 Å². The number of nitrogens with zero attached hydrogens (tertiary/aromatic N) is 2. The van der Waals surface area contributed by atoms with Crippen LogP contribution in [0.1, 0.15) is 12.8 Å². The number of carbonyl (C=O) groups is 1. The molecule has 2 N–H and O–H groups in total. The van der Waals surface area contributed by atoms with Gasteiger partial charge in [0.25, 0.3) is 0 Å². The number of aliphatic hydroxyl groups excluding tert-OH is 1. The lowest BCUT2D eigenvalue weighted by molar-refractivity contribution is -0.118. The lowest BCUT2D eigenvalue weighted by Crippen LogP contribution is -2.42. The summed E-state index contributed by atoms with van der Waals surface area (Å²) in [5.41, 5.74) is 0. The number of carbonyl (C=O) groups excluding carboxylic acids is 1. The molecule has 1 fully saturated rings. The molecule has 2 heterocycles. The van der Waals surface area contributed by atoms with Crippen molar-refractivity contribution in [2.75, 3.05) is 25.0 Å². The van der Waals surface area contributed by atoms with E-state index in [2.05, 4.69) is 10.3 Å². The Kier molecular flexibility index (Phi) is 4.52. The number of β-amino-alcohol motifs (C(OH)–C–C–N with tert-alkyl or cyclic N) is 1. The van der Waals surface area contributed by atoms with Crippen LogP contribution < -0.4 is 5.32 Å². The minimum Gasteiger partial charge on any atom is -0.392 e. The number of pyridine rings is 1. The van der Waals surface area contributed by atoms with E-state index < -0.39 is 0 Å². The Balaban J connectivity index is 1.83. The molecule has 0 spiro atoms. The molecule has 0 bridgehead atoms. The number of halogens is 1. The molecular weight excluding hydrogens is 254 g/mol. The second kappa shape index (κ2) is 6.13. The second-order valence-corrected chi connectivity index (χ2v) is 4.88. The summed E-state index contributed by atoms with van der Waals surface area (Å²) in [6.07, 6.45) is 2.91. The van der Waals surface area contributed by atoms with Crippen molar-refractivity contribution in [1.82, 2.24) is 9.88 Å². The molecule has 1 aliphatic heterocycles. The average Bonchev–Trinajstić information content (AvgIpc) is 2.32. The van der Waals surface area contributed by atoms with Gasteiger partial charge in [0.2, 0.25) is 5.91 Å². The van der Waals surface area contributed by atoms with Gasteiger partial charge in [-0.1, -0.05) is 11.6 Å². The zero-order chi connectivity index (χ0) is 13.0. The monoisotopic (exact) mass is 269 g/mol. The van der Waals surface area contributed by atoms with Crippen LogP contribution in [-0.4, -0.2) is 46.6 Å². The third-order valence-corrected chi connectivity index (χ3v) is 3.07. The Morgan fingerprint density at radius 3 is 3.11 bits per heavy atom. The predicted molar refractivity (Wildman–Crippen MR) is 69.6 cm³/mol. The van der Waals surface area contributed by atoms with E-state index in [1.165, 1.54) is 6.20 Å². The van der Waals surface area contributed by atoms with Gasteiger partial charge in [-0.05, 0) is 31.5 Å². The number of aromatic nitrogens is 1. The molecule has 18 heavy (non-hydrogen) atoms. The van der Waals surface area contributed by atoms with E-state index in [0.29, 0.717) is 17.4 Å². The van der Waals surface area contributed by atoms with E-state index in [4.69, 9.17) is 11.6 Å². The maximum absolute atomic E-state index is 11.8. The highest BCUT2D eigenvalue weighted by molar-refractivity contribution is 6.30. The van der Waals surface area contributed by atoms with Crippen molar-refractivity contribution >= 4 is 23.3 Å². The van der Waals surface area contributed by atoms with Gasteiger partial charge in [-0.25, -0.2) is 4.98 Å². The first kappa shape index (κ1) is 13.3. The number of likely N-dealkylation sites (tertiary alicyclic amines) is 1. The van der Waals surface area contributed by atoms with Crippen molar-refractivity contribution in [1.29, 1.82) is 0 Å². The molecule has 0 saturated carbocycles. The molecule has 5 nitrogen and oxygen atoms in total. The number of anilines is 1. The van der Waals surface area contributed by atoms with Gasteiger partial charge >= 0.3 is 0 Å². The molecule has 0 unspecified atom stereocenters. The Bertz CT molecular complexity index is 410. The molecule has 1 aliphatic rings. The van der Waals surface area contributed by atoms with E-state index >= 15 is 0 Å². The molecule has 1 saturated heterocycles. The Morgan fingerprint density at radius 1 is 1.61 bits per heavy atom. The van der Waals surface area contributed by atoms with Crippen LogP contribution in [0.4, 0.5) is 5.82 Å². The van der Waals surface area contributed by atoms with E-state index in [-0.39, 0.29) is 18.6 Å². The van der Waals surface area contributed by atoms with Gasteiger partial charge in [0, 0.05) is 12.7 Å². The molecule has 6 heteroatoms. The molecule has 2 rings (SSSR count). The quantitative estimate of drug-likeness (QED) is 0.863. The Hall–Kier alpha value is -1.17. The summed E-state index contributed by atoms with van der Waals surface area (Å²) >= 11 is 5.71. The normalized spacial score (nSPS) is 20.7. The Morgan fingerprint density at radius 2 is 2.44 bits per heavy atom. The summed E-state index contributed by atoms with van der Waals surface area (Å²) < 4.78 is 0. The average molecular weight is 270 g/mol. The molecule has 1 atom stereocenters. The van der Waals surface area contributed by atoms with Crippen LogP contribution in [0.2, 0.25) is 5.02 Å². The number of aliphatic hydroxyl groups is 1. The van der Waals surface area contributed by atoms with Crippen LogP contribution in [0.5, 0.6) is 0 Å². The fraction of sp³-hybridized carbons (Fsp3) is 0.500. The highest BCUT2D eigenvalue weighted by atomic mass is 35.5. The number of hydrogen-bond donors (Lipinski definition) is 2. The molecule has 1 aromatic rings. The fourth-order valence-corrected chi connectivity index (χ4v) is 2.12. The zero-order valence-corrected chi connectivity index (χ0v) is 10.7. The second-order valence-electron chi connectivity index (χ2n) is 4.44. The van der Waals surface area contributed by atoms with Crippen LogP contribution in [0, 0.1) is 0 Å². The van der Waals surface area contributed by atoms with E-state index in [1.807, 2.05) is 4.90 Å². The van der Waals surface area contributed by atoms with Crippen molar-refractivity contribution in [3.8, 4) is 0 Å². The first-order chi connectivity index (χ1) is 8.63. The standard InChI is InChI=1S/C12H16ClN3O2/c13-9-3-4-11(14-6-9)15-12(18)8-16-5-1-2-10(17)7-16/h3-4,6,10,17H,1-2,5,7-8H2,(H,14,15,18)/t10-/m0/s1. The largest absolute Gasteiger partial charge is 0.392 e. The SMILES string of the molecule is O=C(CN1CCC[C@H](O)C1)Nc1ccc(Cl)cn1. The van der Waals surface area contributed by atoms with Gasteiger partial charge in [-0.15, -0.1) is 0 Å². The molecule has 0 aliphatic carbocycles. The van der Waals surface area contributed by atoms with Gasteiger partial charge in [-0.2, -0.15) is 0 Å². The maximum atomic E-state index is 11.8. The van der Waals surface area contributed by atoms with Crippen molar-refractivity contribution in [3.63, 3.8) is 0 Å². The maximum Gasteiger partial charge on any atom is 0.239 e. The summed E-state index contributed by atoms with van der Waals surface area (Å²) in [6, 6.07) is 3.33. The zero-order valence-electron chi connectivity index (χ0n) is 9.97. The molecule has 1 amide bonds. The topological polar surface area (TPSA) is 65.5 Å². The van der Waals surface area contributed by atoms with Gasteiger partial charge < -0.3 is 10.4 Å². The first-order valence-electron chi connectivity index (χ1n) is 5.95. The predicted octanol–water partition coefficient (Wildman–Crippen LogP) is 1.13. The number of hydrogen-bond acceptors (Lipinski definition) is 4. The van der Waals surface area contributed by atoms with Crippen molar-refractivity contribution in [2.45, 2.75) is 18.9 Å². The van der Waals surface area contributed by atoms with Gasteiger partial charge in [-0.3, -0.25) is 9.69 Å². The number of rotatable bonds is 3. The van der Waals surface area contributed by atoms with Crippen LogP contribution in [-0.2, 0) is 4.79 Å². The van der Waals surface area contributed by atoms with Crippen molar-refractivity contribution in [3.05, 3.63) is 23.4 Å². The van der Waals surface area contributed by atoms with Crippen molar-refractivity contribution < 1.29 is 9.90 Å². The molecule has 0 aromatic carbocycles. The number of piperidine rings is 1. The van der Waals surface area contributed by atoms with Gasteiger partial charge in [0.1, 0.15) is 5.82 Å². The third-order valence-electron chi connectivity index (χ3n) is 2.84. The fourth-order valence-electron chi connectivity index (χ4n) is 2.01. The minimum absolute atomic E-state index is 0.126. The van der Waals surface area contributed by atoms with Crippen LogP contribution in [0.15, 0.2) is 18.3 Å². The molecule has 1 aromatic heterocycles. The third kappa shape index (κ3) is 3.94. The van der Waals surface area contributed by atoms with E-state index in [0.717, 1.165) is 19.4 Å². The summed E-state index contributed by atoms with van der Waals surface area (Å²) in [5.74, 6) is 0.362. The number of nitrogens with one attached hydrogen (secondary N) is 1. The van der Waals surface area contributed by atoms with Gasteiger partial charge in [0.05, 0.1) is 17.7 Å². The van der Waals surface area contributed by atoms with Crippen molar-refractivity contribution in [2.24, 2.45) is 0 Å². The summed E-state index contributed by atoms with van der Waals surface area (Å²) in [5, 5.41) is 12.7. The van der Waals surface area contributed by atoms with Gasteiger partial charge in [0.15, 0.2) is 0 Å².